The molecule has 38 heavy (non-hydrogen) atoms. The van der Waals surface area contributed by atoms with Gasteiger partial charge >= 0.3 is 243 Å². The molecule has 2 aromatic heterocycles. The van der Waals surface area contributed by atoms with Crippen molar-refractivity contribution in [2.45, 2.75) is 40.5 Å². The normalized spacial score (nSPS) is 10.9. The number of benzene rings is 2. The zero-order valence-corrected chi connectivity index (χ0v) is 26.4. The Bertz CT molecular complexity index is 1370. The van der Waals surface area contributed by atoms with Gasteiger partial charge in [-0.3, -0.25) is 0 Å². The Balaban J connectivity index is 0.000000211. The number of hydrogen-bond donors (Lipinski definition) is 0. The fourth-order valence-electron chi connectivity index (χ4n) is 3.63. The van der Waals surface area contributed by atoms with Gasteiger partial charge in [0.05, 0.1) is 0 Å². The van der Waals surface area contributed by atoms with Crippen molar-refractivity contribution < 1.29 is 27.0 Å². The van der Waals surface area contributed by atoms with E-state index >= 15 is 0 Å². The molecule has 202 valence electrons. The van der Waals surface area contributed by atoms with Gasteiger partial charge in [0, 0.05) is 0 Å². The van der Waals surface area contributed by atoms with Crippen molar-refractivity contribution in [1.29, 1.82) is 0 Å². The zero-order valence-electron chi connectivity index (χ0n) is 21.7. The van der Waals surface area contributed by atoms with Crippen molar-refractivity contribution in [3.05, 3.63) is 85.0 Å². The average Bonchev–Trinajstić information content (AvgIpc) is 3.56. The summed E-state index contributed by atoms with van der Waals surface area (Å²) in [6.45, 7) is 8.21. The Morgan fingerprint density at radius 2 is 1.18 bits per heavy atom. The molecule has 4 rings (SSSR count). The van der Waals surface area contributed by atoms with E-state index < -0.39 is 64.1 Å². The molecule has 0 saturated heterocycles. The molecule has 2 nitrogen and oxygen atoms in total. The molecule has 0 atom stereocenters. The van der Waals surface area contributed by atoms with Gasteiger partial charge in [-0.15, -0.1) is 0 Å². The number of hydrogen-bond acceptors (Lipinski definition) is 2. The van der Waals surface area contributed by atoms with Crippen LogP contribution >= 0.6 is 0 Å². The third-order valence-electron chi connectivity index (χ3n) is 5.34. The van der Waals surface area contributed by atoms with Crippen molar-refractivity contribution in [3.8, 4) is 29.8 Å². The summed E-state index contributed by atoms with van der Waals surface area (Å²) in [6, 6.07) is 14.1. The molecular weight excluding hydrogens is 724 g/mol. The summed E-state index contributed by atoms with van der Waals surface area (Å²) in [4.78, 5) is 0. The Morgan fingerprint density at radius 1 is 0.658 bits per heavy atom. The van der Waals surface area contributed by atoms with Gasteiger partial charge in [-0.1, -0.05) is 0 Å². The predicted octanol–water partition coefficient (Wildman–Crippen LogP) is 8.16. The standard InChI is InChI=1S/C15H16F2OTe.C15H14F2OTe/c2*1-3-5-10-6-9-13(19-10)11-7-8-12(18-4-2)15(17)14(11)16/h6-9H,3-5H2,1-2H3;3,5-9H,4H2,1-2H3/b;5-3+. The monoisotopic (exact) mass is 758 g/mol. The Kier molecular flexibility index (Phi) is 12.1. The van der Waals surface area contributed by atoms with Crippen LogP contribution in [0.5, 0.6) is 11.5 Å². The van der Waals surface area contributed by atoms with Crippen LogP contribution in [-0.4, -0.2) is 54.1 Å². The predicted molar refractivity (Wildman–Crippen MR) is 149 cm³/mol. The van der Waals surface area contributed by atoms with Crippen LogP contribution in [0.15, 0.2) is 54.6 Å². The van der Waals surface area contributed by atoms with E-state index in [1.165, 1.54) is 19.3 Å². The van der Waals surface area contributed by atoms with Crippen LogP contribution < -0.4 is 9.47 Å². The fraction of sp³-hybridized carbons (Fsp3) is 0.267. The zero-order chi connectivity index (χ0) is 27.7. The van der Waals surface area contributed by atoms with Gasteiger partial charge in [-0.05, 0) is 0 Å². The van der Waals surface area contributed by atoms with Gasteiger partial charge in [0.2, 0.25) is 0 Å². The van der Waals surface area contributed by atoms with Crippen molar-refractivity contribution in [2.75, 3.05) is 13.2 Å². The summed E-state index contributed by atoms with van der Waals surface area (Å²) in [6.07, 6.45) is 6.14. The topological polar surface area (TPSA) is 18.5 Å². The van der Waals surface area contributed by atoms with Crippen LogP contribution in [0, 0.1) is 23.3 Å². The summed E-state index contributed by atoms with van der Waals surface area (Å²) in [7, 11) is 0. The summed E-state index contributed by atoms with van der Waals surface area (Å²) in [5, 5.41) is 0. The molecule has 0 aliphatic rings. The molecule has 0 amide bonds. The first-order valence-electron chi connectivity index (χ1n) is 12.4. The quantitative estimate of drug-likeness (QED) is 0.127. The SMILES string of the molecule is C/C=C/c1ccc(-c2ccc(OCC)c(F)c2F)[te]1.CCCc1ccc(-c2ccc(OCC)c(F)c2F)[te]1. The van der Waals surface area contributed by atoms with Crippen molar-refractivity contribution >= 4 is 46.9 Å². The van der Waals surface area contributed by atoms with Crippen LogP contribution in [0.4, 0.5) is 17.6 Å². The second kappa shape index (κ2) is 15.0. The molecule has 0 unspecified atom stereocenters. The van der Waals surface area contributed by atoms with E-state index in [0.717, 1.165) is 20.0 Å². The maximum absolute atomic E-state index is 14.1. The number of halogens is 4. The first-order chi connectivity index (χ1) is 18.3. The van der Waals surface area contributed by atoms with Crippen molar-refractivity contribution in [3.63, 3.8) is 0 Å². The molecular formula is C30H30F4O2Te2. The Labute approximate surface area is 241 Å². The van der Waals surface area contributed by atoms with Gasteiger partial charge in [-0.25, -0.2) is 0 Å². The third kappa shape index (κ3) is 7.57. The molecule has 4 aromatic rings. The summed E-state index contributed by atoms with van der Waals surface area (Å²) >= 11 is -1.17. The molecule has 2 heterocycles. The first-order valence-corrected chi connectivity index (χ1v) is 17.0. The Morgan fingerprint density at radius 3 is 1.68 bits per heavy atom. The minimum absolute atomic E-state index is 0.00955. The number of aryl methyl sites for hydroxylation is 1. The molecule has 0 fully saturated rings. The first kappa shape index (κ1) is 30.6. The second-order valence-corrected chi connectivity index (χ2v) is 14.6. The molecule has 0 saturated carbocycles. The molecule has 0 aliphatic carbocycles. The maximum atomic E-state index is 14.1. The molecule has 0 aliphatic heterocycles. The number of rotatable bonds is 9. The van der Waals surface area contributed by atoms with Crippen LogP contribution in [0.1, 0.15) is 41.3 Å². The Hall–Kier alpha value is -1.96. The van der Waals surface area contributed by atoms with E-state index in [9.17, 15) is 17.6 Å². The molecule has 0 spiro atoms. The van der Waals surface area contributed by atoms with Crippen molar-refractivity contribution in [2.24, 2.45) is 0 Å². The number of allylic oxidation sites excluding steroid dienone is 1. The molecule has 0 bridgehead atoms. The van der Waals surface area contributed by atoms with Crippen LogP contribution in [0.3, 0.4) is 0 Å². The summed E-state index contributed by atoms with van der Waals surface area (Å²) in [5.41, 5.74) is 0.754. The van der Waals surface area contributed by atoms with Gasteiger partial charge in [0.1, 0.15) is 0 Å². The van der Waals surface area contributed by atoms with E-state index in [-0.39, 0.29) is 11.5 Å². The fourth-order valence-corrected chi connectivity index (χ4v) is 9.70. The average molecular weight is 754 g/mol. The van der Waals surface area contributed by atoms with Gasteiger partial charge < -0.3 is 0 Å². The second-order valence-electron chi connectivity index (χ2n) is 8.06. The summed E-state index contributed by atoms with van der Waals surface area (Å²) in [5.74, 6) is -3.40. The van der Waals surface area contributed by atoms with E-state index in [0.29, 0.717) is 24.3 Å². The third-order valence-corrected chi connectivity index (χ3v) is 11.8. The van der Waals surface area contributed by atoms with Gasteiger partial charge in [0.15, 0.2) is 0 Å². The molecule has 0 radical (unpaired) electrons. The number of ether oxygens (including phenoxy) is 2. The molecule has 8 heteroatoms. The van der Waals surface area contributed by atoms with Crippen molar-refractivity contribution in [1.82, 2.24) is 0 Å². The molecule has 2 aromatic carbocycles. The van der Waals surface area contributed by atoms with E-state index in [1.807, 2.05) is 37.3 Å². The van der Waals surface area contributed by atoms with E-state index in [4.69, 9.17) is 9.47 Å². The minimum atomic E-state index is -0.896. The van der Waals surface area contributed by atoms with E-state index in [2.05, 4.69) is 13.0 Å². The molecule has 0 N–H and O–H groups in total. The van der Waals surface area contributed by atoms with Gasteiger partial charge in [0.25, 0.3) is 0 Å². The van der Waals surface area contributed by atoms with Crippen LogP contribution in [0.2, 0.25) is 0 Å². The van der Waals surface area contributed by atoms with Crippen LogP contribution in [0.25, 0.3) is 24.4 Å². The summed E-state index contributed by atoms with van der Waals surface area (Å²) < 4.78 is 70.3. The van der Waals surface area contributed by atoms with Crippen LogP contribution in [-0.2, 0) is 6.42 Å². The van der Waals surface area contributed by atoms with Gasteiger partial charge in [-0.2, -0.15) is 0 Å². The van der Waals surface area contributed by atoms with E-state index in [1.54, 1.807) is 26.0 Å².